The van der Waals surface area contributed by atoms with Crippen molar-refractivity contribution in [1.82, 2.24) is 4.90 Å². The molecule has 4 nitrogen and oxygen atoms in total. The van der Waals surface area contributed by atoms with Crippen LogP contribution in [0.25, 0.3) is 0 Å². The molecule has 0 aromatic rings. The van der Waals surface area contributed by atoms with E-state index in [2.05, 4.69) is 4.90 Å². The van der Waals surface area contributed by atoms with Crippen LogP contribution in [0.5, 0.6) is 0 Å². The number of aliphatic hydroxyl groups is 1. The molecule has 0 aliphatic carbocycles. The molecule has 2 aliphatic heterocycles. The Morgan fingerprint density at radius 2 is 1.93 bits per heavy atom. The second-order valence-corrected chi connectivity index (χ2v) is 4.59. The third-order valence-electron chi connectivity index (χ3n) is 4.02. The molecule has 2 fully saturated rings. The van der Waals surface area contributed by atoms with Gasteiger partial charge >= 0.3 is 5.97 Å². The third-order valence-corrected chi connectivity index (χ3v) is 4.02. The largest absolute Gasteiger partial charge is 0.481 e. The van der Waals surface area contributed by atoms with Gasteiger partial charge in [-0.3, -0.25) is 9.69 Å². The summed E-state index contributed by atoms with van der Waals surface area (Å²) < 4.78 is 0. The first-order valence-corrected chi connectivity index (χ1v) is 5.17. The van der Waals surface area contributed by atoms with Gasteiger partial charge in [0.2, 0.25) is 0 Å². The van der Waals surface area contributed by atoms with E-state index in [9.17, 15) is 9.90 Å². The fraction of sp³-hybridized carbons (Fsp3) is 0.900. The van der Waals surface area contributed by atoms with Crippen LogP contribution < -0.4 is 0 Å². The molecule has 0 radical (unpaired) electrons. The molecule has 2 aliphatic rings. The molecule has 2 saturated heterocycles. The Kier molecular flexibility index (Phi) is 2.27. The van der Waals surface area contributed by atoms with Crippen LogP contribution in [0.15, 0.2) is 0 Å². The number of rotatable bonds is 1. The van der Waals surface area contributed by atoms with Gasteiger partial charge in [-0.15, -0.1) is 0 Å². The van der Waals surface area contributed by atoms with Gasteiger partial charge in [0.05, 0.1) is 12.0 Å². The van der Waals surface area contributed by atoms with E-state index in [1.807, 2.05) is 14.0 Å². The summed E-state index contributed by atoms with van der Waals surface area (Å²) in [6.07, 6.45) is 1.24. The number of piperidine rings is 1. The highest BCUT2D eigenvalue weighted by Gasteiger charge is 2.51. The predicted octanol–water partition coefficient (Wildman–Crippen LogP) is 0.161. The van der Waals surface area contributed by atoms with Crippen LogP contribution >= 0.6 is 0 Å². The normalized spacial score (nSPS) is 48.1. The first-order chi connectivity index (χ1) is 6.54. The fourth-order valence-corrected chi connectivity index (χ4v) is 3.15. The molecule has 2 rings (SSSR count). The molecule has 14 heavy (non-hydrogen) atoms. The molecule has 80 valence electrons. The SMILES string of the molecule is CC1[C@H](O)[C@H](C(=O)O)[C@H]2CC[C@@H]1N2C. The maximum absolute atomic E-state index is 11.1. The summed E-state index contributed by atoms with van der Waals surface area (Å²) in [5.41, 5.74) is 0. The Hall–Kier alpha value is -0.610. The van der Waals surface area contributed by atoms with Crippen molar-refractivity contribution in [2.45, 2.75) is 38.0 Å². The quantitative estimate of drug-likeness (QED) is 0.631. The summed E-state index contributed by atoms with van der Waals surface area (Å²) in [5, 5.41) is 19.0. The third kappa shape index (κ3) is 1.17. The Morgan fingerprint density at radius 3 is 2.50 bits per heavy atom. The lowest BCUT2D eigenvalue weighted by molar-refractivity contribution is -0.155. The topological polar surface area (TPSA) is 60.8 Å². The minimum atomic E-state index is -0.860. The van der Waals surface area contributed by atoms with Crippen molar-refractivity contribution >= 4 is 5.97 Å². The minimum Gasteiger partial charge on any atom is -0.481 e. The van der Waals surface area contributed by atoms with E-state index < -0.39 is 18.0 Å². The molecule has 5 atom stereocenters. The lowest BCUT2D eigenvalue weighted by Gasteiger charge is -2.42. The van der Waals surface area contributed by atoms with Gasteiger partial charge < -0.3 is 10.2 Å². The molecule has 4 heteroatoms. The summed E-state index contributed by atoms with van der Waals surface area (Å²) in [6, 6.07) is 0.397. The summed E-state index contributed by atoms with van der Waals surface area (Å²) in [7, 11) is 1.97. The van der Waals surface area contributed by atoms with E-state index in [0.29, 0.717) is 6.04 Å². The number of fused-ring (bicyclic) bond motifs is 2. The number of aliphatic hydroxyl groups excluding tert-OH is 1. The summed E-state index contributed by atoms with van der Waals surface area (Å²) >= 11 is 0. The van der Waals surface area contributed by atoms with E-state index in [1.54, 1.807) is 0 Å². The van der Waals surface area contributed by atoms with Gasteiger partial charge in [0, 0.05) is 12.1 Å². The molecule has 0 spiro atoms. The second kappa shape index (κ2) is 3.21. The van der Waals surface area contributed by atoms with Gasteiger partial charge in [-0.25, -0.2) is 0 Å². The molecular weight excluding hydrogens is 182 g/mol. The first kappa shape index (κ1) is 9.93. The van der Waals surface area contributed by atoms with Crippen molar-refractivity contribution in [3.8, 4) is 0 Å². The zero-order chi connectivity index (χ0) is 10.5. The van der Waals surface area contributed by atoms with Crippen LogP contribution in [0.1, 0.15) is 19.8 Å². The first-order valence-electron chi connectivity index (χ1n) is 5.17. The number of carboxylic acid groups (broad SMARTS) is 1. The fourth-order valence-electron chi connectivity index (χ4n) is 3.15. The van der Waals surface area contributed by atoms with E-state index >= 15 is 0 Å². The summed E-state index contributed by atoms with van der Waals surface area (Å²) in [4.78, 5) is 13.2. The van der Waals surface area contributed by atoms with Crippen LogP contribution in [0, 0.1) is 11.8 Å². The summed E-state index contributed by atoms with van der Waals surface area (Å²) in [6.45, 7) is 1.95. The lowest BCUT2D eigenvalue weighted by atomic mass is 9.81. The van der Waals surface area contributed by atoms with Crippen LogP contribution in [0.4, 0.5) is 0 Å². The van der Waals surface area contributed by atoms with Gasteiger partial charge in [0.1, 0.15) is 0 Å². The standard InChI is InChI=1S/C10H17NO3/c1-5-6-3-4-7(11(6)2)8(9(5)12)10(13)14/h5-9,12H,3-4H2,1-2H3,(H,13,14)/t5?,6-,7+,8+,9-/m0/s1. The van der Waals surface area contributed by atoms with Crippen molar-refractivity contribution in [3.05, 3.63) is 0 Å². The van der Waals surface area contributed by atoms with Gasteiger partial charge in [-0.05, 0) is 25.8 Å². The summed E-state index contributed by atoms with van der Waals surface area (Å²) in [5.74, 6) is -1.39. The van der Waals surface area contributed by atoms with Crippen LogP contribution in [-0.2, 0) is 4.79 Å². The molecule has 0 saturated carbocycles. The number of hydrogen-bond acceptors (Lipinski definition) is 3. The molecular formula is C10H17NO3. The van der Waals surface area contributed by atoms with Gasteiger partial charge in [-0.2, -0.15) is 0 Å². The average molecular weight is 199 g/mol. The lowest BCUT2D eigenvalue weighted by Crippen LogP contribution is -2.56. The molecule has 2 heterocycles. The highest BCUT2D eigenvalue weighted by Crippen LogP contribution is 2.41. The number of carbonyl (C=O) groups is 1. The van der Waals surface area contributed by atoms with Crippen molar-refractivity contribution in [3.63, 3.8) is 0 Å². The van der Waals surface area contributed by atoms with Crippen molar-refractivity contribution in [2.75, 3.05) is 7.05 Å². The molecule has 0 aromatic carbocycles. The Morgan fingerprint density at radius 1 is 1.36 bits per heavy atom. The predicted molar refractivity (Wildman–Crippen MR) is 50.9 cm³/mol. The second-order valence-electron chi connectivity index (χ2n) is 4.59. The van der Waals surface area contributed by atoms with Gasteiger partial charge in [-0.1, -0.05) is 6.92 Å². The monoisotopic (exact) mass is 199 g/mol. The van der Waals surface area contributed by atoms with E-state index in [0.717, 1.165) is 12.8 Å². The van der Waals surface area contributed by atoms with Gasteiger partial charge in [0.15, 0.2) is 0 Å². The highest BCUT2D eigenvalue weighted by molar-refractivity contribution is 5.72. The smallest absolute Gasteiger partial charge is 0.310 e. The number of aliphatic carboxylic acids is 1. The van der Waals surface area contributed by atoms with Crippen LogP contribution in [0.3, 0.4) is 0 Å². The highest BCUT2D eigenvalue weighted by atomic mass is 16.4. The Labute approximate surface area is 83.5 Å². The van der Waals surface area contributed by atoms with Crippen molar-refractivity contribution in [1.29, 1.82) is 0 Å². The molecule has 1 unspecified atom stereocenters. The van der Waals surface area contributed by atoms with Crippen LogP contribution in [0.2, 0.25) is 0 Å². The Bertz CT molecular complexity index is 256. The van der Waals surface area contributed by atoms with Crippen molar-refractivity contribution < 1.29 is 15.0 Å². The number of carboxylic acids is 1. The molecule has 2 bridgehead atoms. The maximum atomic E-state index is 11.1. The zero-order valence-electron chi connectivity index (χ0n) is 8.55. The molecule has 2 N–H and O–H groups in total. The Balaban J connectivity index is 2.29. The zero-order valence-corrected chi connectivity index (χ0v) is 8.55. The molecule has 0 aromatic heterocycles. The van der Waals surface area contributed by atoms with E-state index in [4.69, 9.17) is 5.11 Å². The number of nitrogens with zero attached hydrogens (tertiary/aromatic N) is 1. The van der Waals surface area contributed by atoms with Crippen LogP contribution in [-0.4, -0.2) is 46.3 Å². The minimum absolute atomic E-state index is 0.0312. The van der Waals surface area contributed by atoms with Gasteiger partial charge in [0.25, 0.3) is 0 Å². The average Bonchev–Trinajstić information content (AvgIpc) is 2.40. The van der Waals surface area contributed by atoms with E-state index in [1.165, 1.54) is 0 Å². The van der Waals surface area contributed by atoms with Crippen molar-refractivity contribution in [2.24, 2.45) is 11.8 Å². The maximum Gasteiger partial charge on any atom is 0.310 e. The number of hydrogen-bond donors (Lipinski definition) is 2. The molecule has 0 amide bonds. The van der Waals surface area contributed by atoms with E-state index in [-0.39, 0.29) is 12.0 Å².